The van der Waals surface area contributed by atoms with Crippen LogP contribution in [0.4, 0.5) is 30.7 Å². The van der Waals surface area contributed by atoms with E-state index in [2.05, 4.69) is 0 Å². The molecule has 0 aliphatic rings. The first kappa shape index (κ1) is 28.3. The molecule has 0 fully saturated rings. The maximum absolute atomic E-state index is 14.6. The number of nitrogens with two attached hydrogens (primary N) is 1. The van der Waals surface area contributed by atoms with E-state index in [-0.39, 0.29) is 39.6 Å². The number of hydrogen-bond acceptors (Lipinski definition) is 2. The van der Waals surface area contributed by atoms with Gasteiger partial charge in [-0.3, -0.25) is 10.2 Å². The van der Waals surface area contributed by atoms with Crippen molar-refractivity contribution in [3.05, 3.63) is 73.7 Å². The molecule has 14 heteroatoms. The molecular formula is C18H11Cl4F7N2O. The number of hydrogen-bond donors (Lipinski definition) is 2. The quantitative estimate of drug-likeness (QED) is 0.139. The second kappa shape index (κ2) is 10.5. The van der Waals surface area contributed by atoms with Crippen LogP contribution in [0.15, 0.2) is 36.4 Å². The molecule has 0 spiro atoms. The summed E-state index contributed by atoms with van der Waals surface area (Å²) in [5.74, 6) is -0.739. The number of nitrogens with one attached hydrogen (secondary N) is 1. The zero-order valence-electron chi connectivity index (χ0n) is 15.2. The van der Waals surface area contributed by atoms with E-state index in [4.69, 9.17) is 40.6 Å². The third kappa shape index (κ3) is 6.41. The average molecular weight is 546 g/mol. The smallest absolute Gasteiger partial charge is 0.290 e. The third-order valence-corrected chi connectivity index (χ3v) is 5.20. The molecule has 0 aromatic heterocycles. The number of alkyl halides is 6. The molecule has 0 heterocycles. The van der Waals surface area contributed by atoms with Crippen molar-refractivity contribution in [3.63, 3.8) is 0 Å². The average Bonchev–Trinajstić information content (AvgIpc) is 2.67. The Morgan fingerprint density at radius 2 is 1.53 bits per heavy atom. The number of carbonyl (C=O) groups excluding carboxylic acids is 1. The second-order valence-corrected chi connectivity index (χ2v) is 7.26. The van der Waals surface area contributed by atoms with Crippen LogP contribution in [0.2, 0.25) is 15.1 Å². The minimum absolute atomic E-state index is 0. The maximum Gasteiger partial charge on any atom is 0.417 e. The Bertz CT molecular complexity index is 1020. The van der Waals surface area contributed by atoms with Crippen molar-refractivity contribution in [3.8, 4) is 0 Å². The van der Waals surface area contributed by atoms with Gasteiger partial charge in [0.25, 0.3) is 5.91 Å². The molecule has 2 aromatic rings. The number of nitrogen functional groups attached to an aromatic ring is 1. The molecule has 0 aliphatic carbocycles. The van der Waals surface area contributed by atoms with Gasteiger partial charge in [-0.25, -0.2) is 10.2 Å². The highest BCUT2D eigenvalue weighted by molar-refractivity contribution is 6.48. The van der Waals surface area contributed by atoms with Gasteiger partial charge < -0.3 is 0 Å². The van der Waals surface area contributed by atoms with Gasteiger partial charge in [0.2, 0.25) is 0 Å². The van der Waals surface area contributed by atoms with Crippen LogP contribution in [0.25, 0.3) is 5.83 Å². The summed E-state index contributed by atoms with van der Waals surface area (Å²) in [6, 6.07) is 3.13. The summed E-state index contributed by atoms with van der Waals surface area (Å²) < 4.78 is 95.0. The minimum Gasteiger partial charge on any atom is -0.290 e. The van der Waals surface area contributed by atoms with Crippen LogP contribution < -0.4 is 11.3 Å². The molecule has 0 radical (unpaired) electrons. The van der Waals surface area contributed by atoms with Gasteiger partial charge in [-0.1, -0.05) is 40.9 Å². The summed E-state index contributed by atoms with van der Waals surface area (Å²) in [6.07, 6.45) is -10.1. The van der Waals surface area contributed by atoms with Gasteiger partial charge in [-0.2, -0.15) is 26.3 Å². The molecule has 0 aliphatic heterocycles. The number of carbonyl (C=O) groups is 1. The largest absolute Gasteiger partial charge is 0.417 e. The fraction of sp³-hybridized carbons (Fsp3) is 0.167. The maximum atomic E-state index is 14.6. The Kier molecular flexibility index (Phi) is 9.27. The molecule has 0 bridgehead atoms. The summed E-state index contributed by atoms with van der Waals surface area (Å²) >= 11 is 17.2. The fourth-order valence-electron chi connectivity index (χ4n) is 2.58. The Labute approximate surface area is 197 Å². The van der Waals surface area contributed by atoms with Crippen LogP contribution in [-0.4, -0.2) is 12.1 Å². The van der Waals surface area contributed by atoms with Gasteiger partial charge in [-0.05, 0) is 35.9 Å². The molecule has 2 rings (SSSR count). The molecular weight excluding hydrogens is 535 g/mol. The molecule has 32 heavy (non-hydrogen) atoms. The summed E-state index contributed by atoms with van der Waals surface area (Å²) in [5, 5.41) is -0.881. The molecule has 3 nitrogen and oxygen atoms in total. The van der Waals surface area contributed by atoms with E-state index in [0.29, 0.717) is 12.1 Å². The molecule has 3 N–H and O–H groups in total. The van der Waals surface area contributed by atoms with E-state index in [1.165, 1.54) is 5.43 Å². The van der Waals surface area contributed by atoms with E-state index < -0.39 is 52.3 Å². The number of rotatable bonds is 4. The molecule has 0 saturated heterocycles. The van der Waals surface area contributed by atoms with Crippen LogP contribution in [0.1, 0.15) is 33.0 Å². The lowest BCUT2D eigenvalue weighted by Crippen LogP contribution is -2.31. The van der Waals surface area contributed by atoms with Gasteiger partial charge >= 0.3 is 12.4 Å². The molecule has 1 atom stereocenters. The van der Waals surface area contributed by atoms with Crippen molar-refractivity contribution in [2.45, 2.75) is 18.3 Å². The van der Waals surface area contributed by atoms with Crippen LogP contribution in [0, 0.1) is 0 Å². The number of allylic oxidation sites excluding steroid dienone is 1. The fourth-order valence-corrected chi connectivity index (χ4v) is 3.19. The lowest BCUT2D eigenvalue weighted by atomic mass is 9.95. The van der Waals surface area contributed by atoms with Gasteiger partial charge in [-0.15, -0.1) is 12.4 Å². The topological polar surface area (TPSA) is 55.1 Å². The van der Waals surface area contributed by atoms with Crippen LogP contribution in [-0.2, 0) is 6.18 Å². The lowest BCUT2D eigenvalue weighted by Gasteiger charge is -2.19. The van der Waals surface area contributed by atoms with E-state index in [9.17, 15) is 35.5 Å². The number of amides is 1. The van der Waals surface area contributed by atoms with Crippen LogP contribution >= 0.6 is 47.2 Å². The number of hydrazine groups is 1. The predicted molar refractivity (Wildman–Crippen MR) is 110 cm³/mol. The number of benzene rings is 2. The first-order valence-electron chi connectivity index (χ1n) is 7.97. The highest BCUT2D eigenvalue weighted by Crippen LogP contribution is 2.42. The van der Waals surface area contributed by atoms with Crippen molar-refractivity contribution < 1.29 is 35.5 Å². The van der Waals surface area contributed by atoms with E-state index in [1.807, 2.05) is 0 Å². The van der Waals surface area contributed by atoms with Crippen LogP contribution in [0.3, 0.4) is 0 Å². The minimum atomic E-state index is -5.11. The summed E-state index contributed by atoms with van der Waals surface area (Å²) in [6.45, 7) is 0. The first-order valence-corrected chi connectivity index (χ1v) is 9.11. The Morgan fingerprint density at radius 1 is 1.00 bits per heavy atom. The van der Waals surface area contributed by atoms with Crippen molar-refractivity contribution in [2.75, 3.05) is 0 Å². The van der Waals surface area contributed by atoms with Gasteiger partial charge in [0.15, 0.2) is 0 Å². The standard InChI is InChI=1S/C18H10Cl3F7N2O.ClH/c19-12-4-8(5-13(20)15(12)21)10(17(23,24)25)6-14(22)7-1-2-9(16(31)30-29)11(3-7)18(26,27)28;/h1-6,10H,29H2,(H,30,31);1H. The summed E-state index contributed by atoms with van der Waals surface area (Å²) in [7, 11) is 0. The van der Waals surface area contributed by atoms with Crippen molar-refractivity contribution in [1.29, 1.82) is 0 Å². The molecule has 1 amide bonds. The third-order valence-electron chi connectivity index (χ3n) is 4.01. The van der Waals surface area contributed by atoms with E-state index >= 15 is 0 Å². The Hall–Kier alpha value is -1.72. The highest BCUT2D eigenvalue weighted by Gasteiger charge is 2.41. The monoisotopic (exact) mass is 544 g/mol. The second-order valence-electron chi connectivity index (χ2n) is 6.06. The van der Waals surface area contributed by atoms with Crippen molar-refractivity contribution in [1.82, 2.24) is 5.43 Å². The Morgan fingerprint density at radius 3 is 1.97 bits per heavy atom. The SMILES string of the molecule is Cl.NNC(=O)c1ccc(C(F)=CC(c2cc(Cl)c(Cl)c(Cl)c2)C(F)(F)F)cc1C(F)(F)F. The molecule has 176 valence electrons. The molecule has 1 unspecified atom stereocenters. The summed E-state index contributed by atoms with van der Waals surface area (Å²) in [5.41, 5.74) is -2.45. The zero-order chi connectivity index (χ0) is 23.7. The van der Waals surface area contributed by atoms with Crippen molar-refractivity contribution >= 4 is 58.9 Å². The first-order chi connectivity index (χ1) is 14.2. The van der Waals surface area contributed by atoms with Crippen molar-refractivity contribution in [2.24, 2.45) is 5.84 Å². The van der Waals surface area contributed by atoms with Gasteiger partial charge in [0, 0.05) is 5.56 Å². The number of halogens is 11. The molecule has 2 aromatic carbocycles. The normalized spacial score (nSPS) is 13.4. The highest BCUT2D eigenvalue weighted by atomic mass is 35.5. The van der Waals surface area contributed by atoms with Crippen LogP contribution in [0.5, 0.6) is 0 Å². The molecule has 0 saturated carbocycles. The van der Waals surface area contributed by atoms with E-state index in [1.54, 1.807) is 0 Å². The lowest BCUT2D eigenvalue weighted by molar-refractivity contribution is -0.140. The van der Waals surface area contributed by atoms with E-state index in [0.717, 1.165) is 12.1 Å². The predicted octanol–water partition coefficient (Wildman–Crippen LogP) is 7.35. The Balaban J connectivity index is 0.00000512. The van der Waals surface area contributed by atoms with Gasteiger partial charge in [0.1, 0.15) is 11.7 Å². The van der Waals surface area contributed by atoms with Gasteiger partial charge in [0.05, 0.1) is 26.2 Å². The summed E-state index contributed by atoms with van der Waals surface area (Å²) in [4.78, 5) is 11.5. The zero-order valence-corrected chi connectivity index (χ0v) is 18.3.